The first kappa shape index (κ1) is 13.4. The van der Waals surface area contributed by atoms with Crippen molar-refractivity contribution in [3.8, 4) is 0 Å². The third kappa shape index (κ3) is 3.12. The third-order valence-electron chi connectivity index (χ3n) is 3.69. The highest BCUT2D eigenvalue weighted by atomic mass is 32.2. The molecular weight excluding hydrogens is 272 g/mol. The van der Waals surface area contributed by atoms with Crippen molar-refractivity contribution in [2.75, 3.05) is 5.75 Å². The Morgan fingerprint density at radius 1 is 1.37 bits per heavy atom. The Bertz CT molecular complexity index is 505. The van der Waals surface area contributed by atoms with Crippen LogP contribution >= 0.6 is 23.1 Å². The normalized spacial score (nSPS) is 23.2. The van der Waals surface area contributed by atoms with Crippen LogP contribution in [0.1, 0.15) is 31.2 Å². The van der Waals surface area contributed by atoms with E-state index in [1.165, 1.54) is 34.7 Å². The molecule has 3 rings (SSSR count). The van der Waals surface area contributed by atoms with E-state index in [2.05, 4.69) is 48.3 Å². The average Bonchev–Trinajstić information content (AvgIpc) is 3.02. The molecule has 1 aromatic heterocycles. The monoisotopic (exact) mass is 292 g/mol. The van der Waals surface area contributed by atoms with Crippen LogP contribution in [0, 0.1) is 0 Å². The van der Waals surface area contributed by atoms with Crippen LogP contribution in [0.15, 0.2) is 24.3 Å². The van der Waals surface area contributed by atoms with Crippen LogP contribution in [0.25, 0.3) is 10.2 Å². The zero-order valence-electron chi connectivity index (χ0n) is 11.3. The topological polar surface area (TPSA) is 24.9 Å². The lowest BCUT2D eigenvalue weighted by molar-refractivity contribution is 0.531. The first-order valence-corrected chi connectivity index (χ1v) is 8.93. The van der Waals surface area contributed by atoms with Crippen molar-refractivity contribution < 1.29 is 0 Å². The predicted molar refractivity (Wildman–Crippen MR) is 86.0 cm³/mol. The van der Waals surface area contributed by atoms with Gasteiger partial charge in [-0.3, -0.25) is 0 Å². The number of hydrogen-bond donors (Lipinski definition) is 1. The smallest absolute Gasteiger partial charge is 0.108 e. The Labute approximate surface area is 123 Å². The summed E-state index contributed by atoms with van der Waals surface area (Å²) < 4.78 is 1.30. The fourth-order valence-electron chi connectivity index (χ4n) is 2.79. The van der Waals surface area contributed by atoms with E-state index in [1.54, 1.807) is 0 Å². The van der Waals surface area contributed by atoms with Crippen molar-refractivity contribution in [2.24, 2.45) is 0 Å². The quantitative estimate of drug-likeness (QED) is 0.899. The molecule has 1 saturated carbocycles. The highest BCUT2D eigenvalue weighted by Crippen LogP contribution is 2.30. The minimum atomic E-state index is 0.678. The van der Waals surface area contributed by atoms with Gasteiger partial charge < -0.3 is 5.32 Å². The van der Waals surface area contributed by atoms with Gasteiger partial charge in [0, 0.05) is 17.8 Å². The second kappa shape index (κ2) is 6.25. The van der Waals surface area contributed by atoms with Gasteiger partial charge in [-0.25, -0.2) is 4.98 Å². The van der Waals surface area contributed by atoms with Crippen LogP contribution in [0.3, 0.4) is 0 Å². The lowest BCUT2D eigenvalue weighted by Crippen LogP contribution is -2.33. The second-order valence-electron chi connectivity index (χ2n) is 4.99. The predicted octanol–water partition coefficient (Wildman–Crippen LogP) is 4.06. The molecule has 1 fully saturated rings. The Morgan fingerprint density at radius 2 is 2.26 bits per heavy atom. The summed E-state index contributed by atoms with van der Waals surface area (Å²) in [5.74, 6) is 1.23. The molecular formula is C15H20N2S2. The maximum Gasteiger partial charge on any atom is 0.108 e. The number of aromatic nitrogens is 1. The van der Waals surface area contributed by atoms with Crippen LogP contribution in [-0.2, 0) is 6.54 Å². The fourth-order valence-corrected chi connectivity index (χ4v) is 4.93. The van der Waals surface area contributed by atoms with Gasteiger partial charge in [-0.1, -0.05) is 25.5 Å². The first-order chi connectivity index (χ1) is 9.36. The summed E-state index contributed by atoms with van der Waals surface area (Å²) in [7, 11) is 0. The van der Waals surface area contributed by atoms with Crippen molar-refractivity contribution in [3.05, 3.63) is 29.3 Å². The second-order valence-corrected chi connectivity index (χ2v) is 7.62. The maximum absolute atomic E-state index is 4.69. The molecule has 0 amide bonds. The van der Waals surface area contributed by atoms with E-state index in [1.807, 2.05) is 11.3 Å². The van der Waals surface area contributed by atoms with Gasteiger partial charge in [0.05, 0.1) is 10.2 Å². The summed E-state index contributed by atoms with van der Waals surface area (Å²) in [6.45, 7) is 3.18. The SMILES string of the molecule is CCSC1CCCC1NCc1nc2ccccc2s1. The Kier molecular flexibility index (Phi) is 4.41. The number of nitrogens with one attached hydrogen (secondary N) is 1. The van der Waals surface area contributed by atoms with Crippen molar-refractivity contribution >= 4 is 33.3 Å². The number of fused-ring (bicyclic) bond motifs is 1. The molecule has 1 aromatic carbocycles. The third-order valence-corrected chi connectivity index (χ3v) is 6.05. The molecule has 102 valence electrons. The zero-order valence-corrected chi connectivity index (χ0v) is 12.9. The molecule has 2 atom stereocenters. The summed E-state index contributed by atoms with van der Waals surface area (Å²) in [6, 6.07) is 9.08. The maximum atomic E-state index is 4.69. The molecule has 0 saturated heterocycles. The summed E-state index contributed by atoms with van der Waals surface area (Å²) in [5, 5.41) is 5.74. The lowest BCUT2D eigenvalue weighted by Gasteiger charge is -2.19. The van der Waals surface area contributed by atoms with Crippen LogP contribution < -0.4 is 5.32 Å². The zero-order chi connectivity index (χ0) is 13.1. The molecule has 1 aliphatic rings. The van der Waals surface area contributed by atoms with Crippen molar-refractivity contribution in [1.82, 2.24) is 10.3 Å². The molecule has 2 nitrogen and oxygen atoms in total. The number of benzene rings is 1. The van der Waals surface area contributed by atoms with Gasteiger partial charge in [0.15, 0.2) is 0 Å². The summed E-state index contributed by atoms with van der Waals surface area (Å²) in [4.78, 5) is 4.69. The van der Waals surface area contributed by atoms with Crippen molar-refractivity contribution in [3.63, 3.8) is 0 Å². The van der Waals surface area contributed by atoms with Crippen LogP contribution in [0.5, 0.6) is 0 Å². The van der Waals surface area contributed by atoms with Gasteiger partial charge in [0.2, 0.25) is 0 Å². The lowest BCUT2D eigenvalue weighted by atomic mass is 10.2. The van der Waals surface area contributed by atoms with E-state index in [-0.39, 0.29) is 0 Å². The molecule has 1 heterocycles. The fraction of sp³-hybridized carbons (Fsp3) is 0.533. The number of hydrogen-bond acceptors (Lipinski definition) is 4. The van der Waals surface area contributed by atoms with E-state index in [9.17, 15) is 0 Å². The van der Waals surface area contributed by atoms with E-state index < -0.39 is 0 Å². The van der Waals surface area contributed by atoms with Gasteiger partial charge in [-0.15, -0.1) is 11.3 Å². The number of thiazole rings is 1. The Balaban J connectivity index is 1.62. The molecule has 4 heteroatoms. The number of para-hydroxylation sites is 1. The van der Waals surface area contributed by atoms with Gasteiger partial charge in [0.1, 0.15) is 5.01 Å². The first-order valence-electron chi connectivity index (χ1n) is 7.06. The standard InChI is InChI=1S/C15H20N2S2/c1-2-18-13-9-5-7-11(13)16-10-15-17-12-6-3-4-8-14(12)19-15/h3-4,6,8,11,13,16H,2,5,7,9-10H2,1H3. The van der Waals surface area contributed by atoms with Crippen molar-refractivity contribution in [1.29, 1.82) is 0 Å². The minimum absolute atomic E-state index is 0.678. The van der Waals surface area contributed by atoms with Crippen molar-refractivity contribution in [2.45, 2.75) is 44.0 Å². The van der Waals surface area contributed by atoms with E-state index in [0.29, 0.717) is 6.04 Å². The summed E-state index contributed by atoms with van der Waals surface area (Å²) in [5.41, 5.74) is 1.13. The van der Waals surface area contributed by atoms with E-state index in [4.69, 9.17) is 4.98 Å². The summed E-state index contributed by atoms with van der Waals surface area (Å²) >= 11 is 3.92. The number of nitrogens with zero attached hydrogens (tertiary/aromatic N) is 1. The number of rotatable bonds is 5. The Morgan fingerprint density at radius 3 is 3.11 bits per heavy atom. The van der Waals surface area contributed by atoms with Crippen LogP contribution in [-0.4, -0.2) is 22.0 Å². The van der Waals surface area contributed by atoms with Gasteiger partial charge in [0.25, 0.3) is 0 Å². The summed E-state index contributed by atoms with van der Waals surface area (Å²) in [6.07, 6.45) is 4.06. The molecule has 2 unspecified atom stereocenters. The van der Waals surface area contributed by atoms with Gasteiger partial charge in [-0.2, -0.15) is 11.8 Å². The van der Waals surface area contributed by atoms with Crippen LogP contribution in [0.2, 0.25) is 0 Å². The largest absolute Gasteiger partial charge is 0.307 e. The van der Waals surface area contributed by atoms with Gasteiger partial charge in [-0.05, 0) is 30.7 Å². The van der Waals surface area contributed by atoms with Gasteiger partial charge >= 0.3 is 0 Å². The Hall–Kier alpha value is -0.580. The minimum Gasteiger partial charge on any atom is -0.307 e. The average molecular weight is 292 g/mol. The number of thioether (sulfide) groups is 1. The highest BCUT2D eigenvalue weighted by molar-refractivity contribution is 7.99. The van der Waals surface area contributed by atoms with E-state index in [0.717, 1.165) is 17.3 Å². The van der Waals surface area contributed by atoms with E-state index >= 15 is 0 Å². The molecule has 0 aliphatic heterocycles. The molecule has 2 aromatic rings. The van der Waals surface area contributed by atoms with Crippen LogP contribution in [0.4, 0.5) is 0 Å². The molecule has 1 N–H and O–H groups in total. The molecule has 0 bridgehead atoms. The highest BCUT2D eigenvalue weighted by Gasteiger charge is 2.26. The molecule has 19 heavy (non-hydrogen) atoms. The molecule has 0 radical (unpaired) electrons. The molecule has 1 aliphatic carbocycles. The molecule has 0 spiro atoms.